The highest BCUT2D eigenvalue weighted by atomic mass is 16.3. The van der Waals surface area contributed by atoms with E-state index in [4.69, 9.17) is 4.42 Å². The van der Waals surface area contributed by atoms with Gasteiger partial charge in [-0.2, -0.15) is 0 Å². The fraction of sp³-hybridized carbons (Fsp3) is 0.389. The van der Waals surface area contributed by atoms with E-state index in [1.54, 1.807) is 0 Å². The molecule has 0 atom stereocenters. The Morgan fingerprint density at radius 1 is 1.18 bits per heavy atom. The Balaban J connectivity index is 1.33. The second-order valence-corrected chi connectivity index (χ2v) is 6.23. The standard InChI is InChI=1S/C18H21N3O/c1-2-4-18-16(3-1)11-17(22-18)13-20-8-5-15(6-9-20)12-21-10-7-19-14-21/h1-4,7,10-11,14-15H,5-6,8-9,12-13H2. The van der Waals surface area contributed by atoms with Gasteiger partial charge in [-0.25, -0.2) is 4.98 Å². The second kappa shape index (κ2) is 5.97. The molecule has 0 bridgehead atoms. The van der Waals surface area contributed by atoms with Crippen molar-refractivity contribution >= 4 is 11.0 Å². The highest BCUT2D eigenvalue weighted by Gasteiger charge is 2.20. The van der Waals surface area contributed by atoms with Crippen LogP contribution in [0.1, 0.15) is 18.6 Å². The van der Waals surface area contributed by atoms with Gasteiger partial charge >= 0.3 is 0 Å². The predicted octanol–water partition coefficient (Wildman–Crippen LogP) is 3.54. The van der Waals surface area contributed by atoms with Gasteiger partial charge < -0.3 is 8.98 Å². The maximum absolute atomic E-state index is 5.93. The number of hydrogen-bond acceptors (Lipinski definition) is 3. The number of benzene rings is 1. The van der Waals surface area contributed by atoms with E-state index in [0.29, 0.717) is 0 Å². The monoisotopic (exact) mass is 295 g/mol. The molecular weight excluding hydrogens is 274 g/mol. The van der Waals surface area contributed by atoms with Crippen LogP contribution in [-0.4, -0.2) is 27.5 Å². The summed E-state index contributed by atoms with van der Waals surface area (Å²) in [6.07, 6.45) is 8.33. The first-order chi connectivity index (χ1) is 10.9. The van der Waals surface area contributed by atoms with Crippen LogP contribution in [0.5, 0.6) is 0 Å². The van der Waals surface area contributed by atoms with Crippen molar-refractivity contribution in [2.24, 2.45) is 5.92 Å². The quantitative estimate of drug-likeness (QED) is 0.738. The topological polar surface area (TPSA) is 34.2 Å². The summed E-state index contributed by atoms with van der Waals surface area (Å²) in [5.41, 5.74) is 0.993. The molecule has 1 fully saturated rings. The lowest BCUT2D eigenvalue weighted by molar-refractivity contribution is 0.158. The normalized spacial score (nSPS) is 17.3. The number of nitrogens with zero attached hydrogens (tertiary/aromatic N) is 3. The molecule has 114 valence electrons. The Morgan fingerprint density at radius 3 is 2.82 bits per heavy atom. The molecule has 0 unspecified atom stereocenters. The molecule has 0 saturated carbocycles. The molecule has 2 aromatic heterocycles. The maximum atomic E-state index is 5.93. The molecule has 3 aromatic rings. The Labute approximate surface area is 130 Å². The molecule has 4 rings (SSSR count). The number of aromatic nitrogens is 2. The zero-order valence-electron chi connectivity index (χ0n) is 12.7. The predicted molar refractivity (Wildman–Crippen MR) is 86.4 cm³/mol. The van der Waals surface area contributed by atoms with Crippen molar-refractivity contribution < 1.29 is 4.42 Å². The minimum atomic E-state index is 0.765. The van der Waals surface area contributed by atoms with Gasteiger partial charge in [0.05, 0.1) is 12.9 Å². The number of para-hydroxylation sites is 1. The van der Waals surface area contributed by atoms with E-state index in [1.807, 2.05) is 24.7 Å². The number of imidazole rings is 1. The van der Waals surface area contributed by atoms with Crippen LogP contribution < -0.4 is 0 Å². The van der Waals surface area contributed by atoms with E-state index < -0.39 is 0 Å². The number of hydrogen-bond donors (Lipinski definition) is 0. The highest BCUT2D eigenvalue weighted by molar-refractivity contribution is 5.77. The van der Waals surface area contributed by atoms with Crippen molar-refractivity contribution in [2.75, 3.05) is 13.1 Å². The molecule has 0 N–H and O–H groups in total. The molecule has 3 heterocycles. The van der Waals surface area contributed by atoms with E-state index in [9.17, 15) is 0 Å². The highest BCUT2D eigenvalue weighted by Crippen LogP contribution is 2.23. The summed E-state index contributed by atoms with van der Waals surface area (Å²) >= 11 is 0. The van der Waals surface area contributed by atoms with Crippen molar-refractivity contribution in [3.8, 4) is 0 Å². The first-order valence-electron chi connectivity index (χ1n) is 8.02. The fourth-order valence-corrected chi connectivity index (χ4v) is 3.36. The van der Waals surface area contributed by atoms with Crippen LogP contribution in [0.25, 0.3) is 11.0 Å². The van der Waals surface area contributed by atoms with Crippen molar-refractivity contribution in [3.63, 3.8) is 0 Å². The molecule has 1 aliphatic rings. The average Bonchev–Trinajstić information content (AvgIpc) is 3.18. The average molecular weight is 295 g/mol. The van der Waals surface area contributed by atoms with E-state index in [0.717, 1.165) is 43.4 Å². The van der Waals surface area contributed by atoms with E-state index in [1.165, 1.54) is 18.2 Å². The molecule has 4 nitrogen and oxygen atoms in total. The van der Waals surface area contributed by atoms with E-state index in [2.05, 4.69) is 38.8 Å². The van der Waals surface area contributed by atoms with Crippen molar-refractivity contribution in [1.29, 1.82) is 0 Å². The summed E-state index contributed by atoms with van der Waals surface area (Å²) < 4.78 is 8.12. The summed E-state index contributed by atoms with van der Waals surface area (Å²) in [7, 11) is 0. The molecular formula is C18H21N3O. The molecule has 1 aromatic carbocycles. The Morgan fingerprint density at radius 2 is 2.05 bits per heavy atom. The van der Waals surface area contributed by atoms with Crippen molar-refractivity contribution in [3.05, 3.63) is 54.8 Å². The Bertz CT molecular complexity index is 691. The van der Waals surface area contributed by atoms with Crippen LogP contribution in [-0.2, 0) is 13.1 Å². The van der Waals surface area contributed by atoms with Gasteiger partial charge in [-0.1, -0.05) is 18.2 Å². The van der Waals surface area contributed by atoms with E-state index in [-0.39, 0.29) is 0 Å². The molecule has 1 saturated heterocycles. The zero-order valence-corrected chi connectivity index (χ0v) is 12.7. The van der Waals surface area contributed by atoms with Gasteiger partial charge in [-0.05, 0) is 44.0 Å². The Kier molecular flexibility index (Phi) is 3.69. The largest absolute Gasteiger partial charge is 0.460 e. The number of furan rings is 1. The van der Waals surface area contributed by atoms with Gasteiger partial charge in [-0.15, -0.1) is 0 Å². The van der Waals surface area contributed by atoms with Crippen LogP contribution in [0, 0.1) is 5.92 Å². The summed E-state index contributed by atoms with van der Waals surface area (Å²) in [6.45, 7) is 4.32. The summed E-state index contributed by atoms with van der Waals surface area (Å²) in [6, 6.07) is 10.4. The number of fused-ring (bicyclic) bond motifs is 1. The molecule has 0 amide bonds. The third-order valence-electron chi connectivity index (χ3n) is 4.59. The molecule has 0 spiro atoms. The van der Waals surface area contributed by atoms with Crippen LogP contribution in [0.2, 0.25) is 0 Å². The van der Waals surface area contributed by atoms with Crippen molar-refractivity contribution in [2.45, 2.75) is 25.9 Å². The summed E-state index contributed by atoms with van der Waals surface area (Å²) in [4.78, 5) is 6.62. The molecule has 4 heteroatoms. The SMILES string of the molecule is c1ccc2oc(CN3CCC(Cn4ccnc4)CC3)cc2c1. The minimum absolute atomic E-state index is 0.765. The van der Waals surface area contributed by atoms with Crippen LogP contribution >= 0.6 is 0 Å². The van der Waals surface area contributed by atoms with Gasteiger partial charge in [0, 0.05) is 24.3 Å². The first kappa shape index (κ1) is 13.6. The molecule has 1 aliphatic heterocycles. The zero-order chi connectivity index (χ0) is 14.8. The molecule has 22 heavy (non-hydrogen) atoms. The molecule has 0 radical (unpaired) electrons. The lowest BCUT2D eigenvalue weighted by Crippen LogP contribution is -2.34. The van der Waals surface area contributed by atoms with Gasteiger partial charge in [0.1, 0.15) is 11.3 Å². The second-order valence-electron chi connectivity index (χ2n) is 6.23. The minimum Gasteiger partial charge on any atom is -0.460 e. The number of piperidine rings is 1. The Hall–Kier alpha value is -2.07. The van der Waals surface area contributed by atoms with Crippen molar-refractivity contribution in [1.82, 2.24) is 14.5 Å². The lowest BCUT2D eigenvalue weighted by atomic mass is 9.96. The summed E-state index contributed by atoms with van der Waals surface area (Å²) in [5.74, 6) is 1.84. The van der Waals surface area contributed by atoms with Crippen LogP contribution in [0.3, 0.4) is 0 Å². The van der Waals surface area contributed by atoms with Crippen LogP contribution in [0.4, 0.5) is 0 Å². The summed E-state index contributed by atoms with van der Waals surface area (Å²) in [5, 5.41) is 1.20. The van der Waals surface area contributed by atoms with Gasteiger partial charge in [0.15, 0.2) is 0 Å². The van der Waals surface area contributed by atoms with Crippen LogP contribution in [0.15, 0.2) is 53.5 Å². The number of rotatable bonds is 4. The number of likely N-dealkylation sites (tertiary alicyclic amines) is 1. The van der Waals surface area contributed by atoms with Gasteiger partial charge in [0.25, 0.3) is 0 Å². The maximum Gasteiger partial charge on any atom is 0.134 e. The van der Waals surface area contributed by atoms with Gasteiger partial charge in [-0.3, -0.25) is 4.90 Å². The van der Waals surface area contributed by atoms with Gasteiger partial charge in [0.2, 0.25) is 0 Å². The fourth-order valence-electron chi connectivity index (χ4n) is 3.36. The molecule has 0 aliphatic carbocycles. The third kappa shape index (κ3) is 2.92. The third-order valence-corrected chi connectivity index (χ3v) is 4.59. The smallest absolute Gasteiger partial charge is 0.134 e. The lowest BCUT2D eigenvalue weighted by Gasteiger charge is -2.31. The first-order valence-corrected chi connectivity index (χ1v) is 8.02. The van der Waals surface area contributed by atoms with E-state index >= 15 is 0 Å².